The first-order valence-electron chi connectivity index (χ1n) is 5.80. The van der Waals surface area contributed by atoms with Gasteiger partial charge in [0.25, 0.3) is 0 Å². The van der Waals surface area contributed by atoms with E-state index >= 15 is 0 Å². The lowest BCUT2D eigenvalue weighted by Gasteiger charge is -2.31. The molecule has 1 aliphatic carbocycles. The van der Waals surface area contributed by atoms with Crippen molar-refractivity contribution in [2.45, 2.75) is 31.6 Å². The predicted octanol–water partition coefficient (Wildman–Crippen LogP) is 0.889. The first kappa shape index (κ1) is 12.4. The van der Waals surface area contributed by atoms with Crippen molar-refractivity contribution in [1.82, 2.24) is 5.32 Å². The molecule has 17 heavy (non-hydrogen) atoms. The lowest BCUT2D eigenvalue weighted by atomic mass is 10.1. The Morgan fingerprint density at radius 1 is 1.41 bits per heavy atom. The number of hydrogen-bond acceptors (Lipinski definition) is 4. The van der Waals surface area contributed by atoms with Gasteiger partial charge in [0.05, 0.1) is 12.2 Å². The summed E-state index contributed by atoms with van der Waals surface area (Å²) in [5.41, 5.74) is 5.92. The summed E-state index contributed by atoms with van der Waals surface area (Å²) in [6, 6.07) is 0. The third kappa shape index (κ3) is 3.47. The monoisotopic (exact) mass is 245 g/mol. The highest BCUT2D eigenvalue weighted by Crippen LogP contribution is 2.35. The van der Waals surface area contributed by atoms with E-state index in [1.165, 1.54) is 19.0 Å². The summed E-state index contributed by atoms with van der Waals surface area (Å²) in [5, 5.41) is 3.24. The Morgan fingerprint density at radius 3 is 2.76 bits per heavy atom. The van der Waals surface area contributed by atoms with Crippen molar-refractivity contribution < 1.29 is 13.5 Å². The van der Waals surface area contributed by atoms with Gasteiger partial charge in [-0.05, 0) is 18.8 Å². The second kappa shape index (κ2) is 5.55. The van der Waals surface area contributed by atoms with Crippen molar-refractivity contribution in [1.29, 1.82) is 0 Å². The van der Waals surface area contributed by atoms with E-state index in [1.54, 1.807) is 0 Å². The van der Waals surface area contributed by atoms with E-state index in [0.29, 0.717) is 18.0 Å². The number of alkyl halides is 2. The molecule has 2 aliphatic rings. The minimum atomic E-state index is -2.71. The molecular weight excluding hydrogens is 228 g/mol. The van der Waals surface area contributed by atoms with Gasteiger partial charge in [0.15, 0.2) is 0 Å². The van der Waals surface area contributed by atoms with Crippen LogP contribution in [0.2, 0.25) is 0 Å². The van der Waals surface area contributed by atoms with Crippen LogP contribution in [-0.2, 0) is 4.74 Å². The van der Waals surface area contributed by atoms with Gasteiger partial charge in [-0.3, -0.25) is 0 Å². The Balaban J connectivity index is 1.94. The normalized spacial score (nSPS) is 31.4. The van der Waals surface area contributed by atoms with Crippen LogP contribution in [0.3, 0.4) is 0 Å². The lowest BCUT2D eigenvalue weighted by Crippen LogP contribution is -2.46. The summed E-state index contributed by atoms with van der Waals surface area (Å²) in [6.45, 7) is -1.30. The average molecular weight is 245 g/mol. The van der Waals surface area contributed by atoms with Crippen LogP contribution in [0, 0.1) is 5.92 Å². The second-order valence-corrected chi connectivity index (χ2v) is 4.38. The van der Waals surface area contributed by atoms with Crippen LogP contribution in [0.1, 0.15) is 12.8 Å². The van der Waals surface area contributed by atoms with Crippen molar-refractivity contribution in [2.24, 2.45) is 16.6 Å². The molecule has 2 atom stereocenters. The van der Waals surface area contributed by atoms with Crippen molar-refractivity contribution in [2.75, 3.05) is 13.1 Å². The molecule has 3 N–H and O–H groups in total. The average Bonchev–Trinajstić information content (AvgIpc) is 3.14. The SMILES string of the molecule is N/C=C(\C=N\C(F)F)[C@H]1CNC[C@@H](C2CC2)O1. The third-order valence-electron chi connectivity index (χ3n) is 3.06. The molecule has 0 unspecified atom stereocenters. The molecule has 0 aromatic heterocycles. The minimum absolute atomic E-state index is 0.170. The maximum atomic E-state index is 12.0. The molecule has 1 saturated heterocycles. The molecule has 4 nitrogen and oxygen atoms in total. The van der Waals surface area contributed by atoms with Crippen LogP contribution in [0.15, 0.2) is 16.8 Å². The van der Waals surface area contributed by atoms with E-state index in [-0.39, 0.29) is 12.2 Å². The van der Waals surface area contributed by atoms with E-state index in [1.807, 2.05) is 0 Å². The molecule has 0 amide bonds. The third-order valence-corrected chi connectivity index (χ3v) is 3.06. The van der Waals surface area contributed by atoms with Crippen molar-refractivity contribution in [3.05, 3.63) is 11.8 Å². The highest BCUT2D eigenvalue weighted by molar-refractivity contribution is 5.79. The van der Waals surface area contributed by atoms with E-state index in [4.69, 9.17) is 10.5 Å². The van der Waals surface area contributed by atoms with Gasteiger partial charge in [0.1, 0.15) is 0 Å². The maximum Gasteiger partial charge on any atom is 0.331 e. The molecule has 0 aromatic rings. The van der Waals surface area contributed by atoms with E-state index in [9.17, 15) is 8.78 Å². The molecule has 2 fully saturated rings. The number of nitrogens with two attached hydrogens (primary N) is 1. The quantitative estimate of drug-likeness (QED) is 0.571. The Kier molecular flexibility index (Phi) is 4.06. The molecule has 2 rings (SSSR count). The van der Waals surface area contributed by atoms with E-state index < -0.39 is 6.55 Å². The van der Waals surface area contributed by atoms with Crippen LogP contribution >= 0.6 is 0 Å². The zero-order valence-electron chi connectivity index (χ0n) is 9.48. The molecule has 1 saturated carbocycles. The Bertz CT molecular complexity index is 316. The van der Waals surface area contributed by atoms with E-state index in [0.717, 1.165) is 12.8 Å². The number of hydrogen-bond donors (Lipinski definition) is 2. The van der Waals surface area contributed by atoms with Crippen LogP contribution in [0.25, 0.3) is 0 Å². The zero-order chi connectivity index (χ0) is 12.3. The van der Waals surface area contributed by atoms with Gasteiger partial charge in [-0.25, -0.2) is 4.99 Å². The standard InChI is InChI=1S/C11H17F2N3O/c12-11(13)16-4-8(3-14)10-6-15-5-9(17-10)7-1-2-7/h3-4,7,9-11,15H,1-2,5-6,14H2/b8-3+,16-4+/t9-,10+/m0/s1. The topological polar surface area (TPSA) is 59.6 Å². The number of ether oxygens (including phenoxy) is 1. The lowest BCUT2D eigenvalue weighted by molar-refractivity contribution is -0.0268. The van der Waals surface area contributed by atoms with Gasteiger partial charge in [0.2, 0.25) is 0 Å². The maximum absolute atomic E-state index is 12.0. The summed E-state index contributed by atoms with van der Waals surface area (Å²) >= 11 is 0. The van der Waals surface area contributed by atoms with E-state index in [2.05, 4.69) is 10.3 Å². The van der Waals surface area contributed by atoms with Crippen LogP contribution in [-0.4, -0.2) is 38.1 Å². The van der Waals surface area contributed by atoms with Crippen molar-refractivity contribution in [3.63, 3.8) is 0 Å². The smallest absolute Gasteiger partial charge is 0.331 e. The van der Waals surface area contributed by atoms with Crippen molar-refractivity contribution >= 4 is 6.21 Å². The first-order chi connectivity index (χ1) is 8.20. The summed E-state index contributed by atoms with van der Waals surface area (Å²) < 4.78 is 29.8. The van der Waals surface area contributed by atoms with Crippen LogP contribution < -0.4 is 11.1 Å². The molecule has 0 radical (unpaired) electrons. The fraction of sp³-hybridized carbons (Fsp3) is 0.727. The predicted molar refractivity (Wildman–Crippen MR) is 61.0 cm³/mol. The Hall–Kier alpha value is -1.01. The fourth-order valence-electron chi connectivity index (χ4n) is 1.98. The number of aliphatic imine (C=N–C) groups is 1. The van der Waals surface area contributed by atoms with Gasteiger partial charge in [0, 0.05) is 31.1 Å². The highest BCUT2D eigenvalue weighted by atomic mass is 19.3. The van der Waals surface area contributed by atoms with Gasteiger partial charge in [-0.1, -0.05) is 0 Å². The summed E-state index contributed by atoms with van der Waals surface area (Å²) in [4.78, 5) is 3.04. The molecule has 1 heterocycles. The second-order valence-electron chi connectivity index (χ2n) is 4.38. The van der Waals surface area contributed by atoms with Gasteiger partial charge < -0.3 is 15.8 Å². The Labute approximate surface area is 98.9 Å². The summed E-state index contributed by atoms with van der Waals surface area (Å²) in [7, 11) is 0. The number of nitrogens with one attached hydrogen (secondary N) is 1. The molecule has 0 spiro atoms. The first-order valence-corrected chi connectivity index (χ1v) is 5.80. The largest absolute Gasteiger partial charge is 0.404 e. The molecule has 0 bridgehead atoms. The fourth-order valence-corrected chi connectivity index (χ4v) is 1.98. The minimum Gasteiger partial charge on any atom is -0.404 e. The van der Waals surface area contributed by atoms with Gasteiger partial charge >= 0.3 is 6.55 Å². The molecular formula is C11H17F2N3O. The highest BCUT2D eigenvalue weighted by Gasteiger charge is 2.36. The number of morpholine rings is 1. The van der Waals surface area contributed by atoms with Crippen LogP contribution in [0.5, 0.6) is 0 Å². The zero-order valence-corrected chi connectivity index (χ0v) is 9.48. The van der Waals surface area contributed by atoms with Crippen LogP contribution in [0.4, 0.5) is 8.78 Å². The van der Waals surface area contributed by atoms with Gasteiger partial charge in [-0.15, -0.1) is 0 Å². The number of nitrogens with zero attached hydrogens (tertiary/aromatic N) is 1. The Morgan fingerprint density at radius 2 is 2.18 bits per heavy atom. The number of halogens is 2. The van der Waals surface area contributed by atoms with Crippen molar-refractivity contribution in [3.8, 4) is 0 Å². The number of rotatable bonds is 4. The molecule has 6 heteroatoms. The summed E-state index contributed by atoms with van der Waals surface area (Å²) in [6.07, 6.45) is 4.66. The molecule has 1 aliphatic heterocycles. The van der Waals surface area contributed by atoms with Gasteiger partial charge in [-0.2, -0.15) is 8.78 Å². The molecule has 96 valence electrons. The molecule has 0 aromatic carbocycles. The summed E-state index contributed by atoms with van der Waals surface area (Å²) in [5.74, 6) is 0.608.